The Labute approximate surface area is 870 Å². The maximum Gasteiger partial charge on any atom is 0.409 e. The van der Waals surface area contributed by atoms with Gasteiger partial charge < -0.3 is 163 Å². The number of rotatable bonds is 31. The Morgan fingerprint density at radius 1 is 0.203 bits per heavy atom. The number of halogens is 4. The van der Waals surface area contributed by atoms with Crippen molar-refractivity contribution in [3.05, 3.63) is 0 Å². The SMILES string of the molecule is CC(=O)OC(C)(C)C.CC(=O)OC(C)(C)C.CC(=O)OC(C)(C)C.COC(=O)C(NC(=O)OC(C)(C)C)SSC(NC(=O)OC(C)(C)C)C(=O)O.COC(=O)C(NC(=O)OC(C)(C)C)SSC(NC(=O)OC(C)(C)C)C(=O)OC.COC(=O)C(NC(=O)OC(C)(C)C)SSC(NC(=O)OC(C)(C)C)C(=O)OC.COC(=O)C([NH3+])SSC([NH3+])C(=O)O.COC(=O)C([NH3+])SSC([NH3+])C(=O)OC.[Cl-].[Cl-].[Cl-].[Cl-]. The first-order chi connectivity index (χ1) is 60.3. The molecule has 814 valence electrons. The average molecular weight is 2270 g/mol. The van der Waals surface area contributed by atoms with Crippen LogP contribution < -0.4 is 104 Å². The molecule has 0 spiro atoms. The van der Waals surface area contributed by atoms with Crippen molar-refractivity contribution in [1.82, 2.24) is 31.9 Å². The van der Waals surface area contributed by atoms with Crippen LogP contribution in [0.3, 0.4) is 0 Å². The lowest BCUT2D eigenvalue weighted by Crippen LogP contribution is -3.00. The Morgan fingerprint density at radius 2 is 0.326 bits per heavy atom. The molecule has 0 aromatic heterocycles. The van der Waals surface area contributed by atoms with Crippen LogP contribution in [0.2, 0.25) is 0 Å². The number of methoxy groups -OCH3 is 8. The van der Waals surface area contributed by atoms with Gasteiger partial charge in [-0.1, -0.05) is 64.8 Å². The van der Waals surface area contributed by atoms with Crippen molar-refractivity contribution in [1.29, 1.82) is 0 Å². The average Bonchev–Trinajstić information content (AvgIpc) is 0.882. The number of amides is 6. The molecule has 48 nitrogen and oxygen atoms in total. The molecule has 0 radical (unpaired) electrons. The lowest BCUT2D eigenvalue weighted by Gasteiger charge is -2.24. The zero-order chi connectivity index (χ0) is 108. The third kappa shape index (κ3) is 104. The van der Waals surface area contributed by atoms with Crippen molar-refractivity contribution < 1.29 is 254 Å². The highest BCUT2D eigenvalue weighted by Crippen LogP contribution is 2.34. The molecule has 0 aromatic carbocycles. The predicted molar refractivity (Wildman–Crippen MR) is 508 cm³/mol. The second-order valence-electron chi connectivity index (χ2n) is 34.1. The van der Waals surface area contributed by atoms with Gasteiger partial charge in [-0.2, -0.15) is 0 Å². The van der Waals surface area contributed by atoms with Gasteiger partial charge >= 0.3 is 114 Å². The first-order valence-electron chi connectivity index (χ1n) is 38.8. The Hall–Kier alpha value is -6.77. The highest BCUT2D eigenvalue weighted by Gasteiger charge is 2.37. The number of hydrogen-bond acceptors (Lipinski definition) is 46. The molecule has 138 heavy (non-hydrogen) atoms. The van der Waals surface area contributed by atoms with Crippen molar-refractivity contribution in [2.75, 3.05) is 56.9 Å². The van der Waals surface area contributed by atoms with Crippen LogP contribution in [-0.2, 0) is 143 Å². The summed E-state index contributed by atoms with van der Waals surface area (Å²) in [5, 5.41) is 21.4. The second kappa shape index (κ2) is 77.8. The maximum absolute atomic E-state index is 11.9. The molecule has 0 aliphatic rings. The van der Waals surface area contributed by atoms with Gasteiger partial charge in [0.15, 0.2) is 32.2 Å². The number of carboxylic acid groups (broad SMARTS) is 2. The molecule has 0 saturated carbocycles. The Kier molecular flexibility index (Phi) is 88.2. The van der Waals surface area contributed by atoms with Crippen molar-refractivity contribution in [2.45, 2.75) is 312 Å². The van der Waals surface area contributed by atoms with E-state index in [4.69, 9.17) is 47.7 Å². The summed E-state index contributed by atoms with van der Waals surface area (Å²) in [5.74, 6) is -8.31. The van der Waals surface area contributed by atoms with Gasteiger partial charge in [0.1, 0.15) is 50.4 Å². The quantitative estimate of drug-likeness (QED) is 0.0134. The molecule has 0 fully saturated rings. The normalized spacial score (nSPS) is 12.9. The van der Waals surface area contributed by atoms with Gasteiger partial charge in [-0.25, -0.2) is 76.7 Å². The van der Waals surface area contributed by atoms with Gasteiger partial charge in [-0.15, -0.1) is 0 Å². The van der Waals surface area contributed by atoms with E-state index in [1.54, 1.807) is 125 Å². The van der Waals surface area contributed by atoms with E-state index in [0.717, 1.165) is 122 Å². The highest BCUT2D eigenvalue weighted by molar-refractivity contribution is 8.78. The number of nitrogens with one attached hydrogen (secondary N) is 6. The number of hydrogen-bond donors (Lipinski definition) is 12. The molecular weight excluding hydrogens is 2120 g/mol. The van der Waals surface area contributed by atoms with Crippen LogP contribution >= 0.6 is 108 Å². The van der Waals surface area contributed by atoms with Crippen LogP contribution in [0.5, 0.6) is 0 Å². The van der Waals surface area contributed by atoms with E-state index in [0.29, 0.717) is 21.6 Å². The van der Waals surface area contributed by atoms with Gasteiger partial charge in [0.05, 0.1) is 56.9 Å². The van der Waals surface area contributed by atoms with Crippen molar-refractivity contribution in [2.24, 2.45) is 0 Å². The Bertz CT molecular complexity index is 3410. The second-order valence-corrected chi connectivity index (χ2v) is 46.9. The predicted octanol–water partition coefficient (Wildman–Crippen LogP) is -5.17. The number of quaternary nitrogens is 4. The van der Waals surface area contributed by atoms with E-state index in [9.17, 15) is 96.2 Å². The number of carbonyl (C=O) groups excluding carboxylic acids is 17. The minimum absolute atomic E-state index is 0. The lowest BCUT2D eigenvalue weighted by atomic mass is 10.2. The smallest absolute Gasteiger partial charge is 0.409 e. The van der Waals surface area contributed by atoms with E-state index in [2.05, 4.69) is 92.7 Å². The first-order valence-corrected chi connectivity index (χ1v) is 50.2. The van der Waals surface area contributed by atoms with E-state index in [1.807, 2.05) is 62.3 Å². The minimum atomic E-state index is -1.43. The van der Waals surface area contributed by atoms with Gasteiger partial charge in [0.25, 0.3) is 0 Å². The van der Waals surface area contributed by atoms with Gasteiger partial charge in [0.2, 0.25) is 21.5 Å². The Morgan fingerprint density at radius 3 is 0.428 bits per heavy atom. The fraction of sp³-hybridized carbons (Fsp3) is 0.750. The molecule has 10 unspecified atom stereocenters. The topological polar surface area (TPSA) is 704 Å². The summed E-state index contributed by atoms with van der Waals surface area (Å²) in [6.45, 7) is 50.6. The summed E-state index contributed by atoms with van der Waals surface area (Å²) in [4.78, 5) is 216. The highest BCUT2D eigenvalue weighted by atomic mass is 35.5. The number of aliphatic carboxylic acids is 2. The number of alkyl carbamates (subject to hydrolysis) is 6. The van der Waals surface area contributed by atoms with Crippen molar-refractivity contribution in [3.8, 4) is 0 Å². The molecule has 0 aromatic rings. The standard InChI is InChI=1S/2C16H28N2O8S2.C15H26N2O8S2.C6H12N2O4S2.3C6H12O2.C5H10N2O4S2.4ClH/c2*1-15(2,3)25-13(21)17-9(11(19)23-7)27-28-10(12(20)24-8)18-14(22)26-16(4,5)6;1-14(2,3)24-12(21)16-8(10(18)19)26-27-9(11(20)23-7)17-13(22)25-15(4,5)6;1-11-5(9)3(7)13-14-4(8)6(10)12-2;3*1-5(7)8-6(2,3)4;1-11-5(10)3(7)13-12-2(6)4(8)9;;;;/h2*9-10H,1-8H3,(H,17,21)(H,18,22);8-9H,1-7H3,(H,16,21)(H,17,22)(H,18,19);3-4H,7-8H2,1-2H3;3*1-4H3;2-3H,6-7H2,1H3,(H,8,9);4*1H. The monoisotopic (exact) mass is 2260 g/mol. The fourth-order valence-corrected chi connectivity index (χ4v) is 16.7. The molecule has 0 saturated heterocycles. The van der Waals surface area contributed by atoms with Gasteiger partial charge in [-0.05, 0) is 230 Å². The van der Waals surface area contributed by atoms with E-state index < -0.39 is 184 Å². The molecule has 0 rings (SSSR count). The van der Waals surface area contributed by atoms with Gasteiger partial charge in [-0.3, -0.25) is 46.3 Å². The third-order valence-corrected chi connectivity index (χ3v) is 23.7. The third-order valence-electron chi connectivity index (χ3n) is 10.5. The fourth-order valence-electron chi connectivity index (χ4n) is 6.21. The Balaban J connectivity index is -0.000000137. The lowest BCUT2D eigenvalue weighted by molar-refractivity contribution is -0.377. The molecule has 6 amide bonds. The van der Waals surface area contributed by atoms with Crippen LogP contribution in [0.1, 0.15) is 208 Å². The summed E-state index contributed by atoms with van der Waals surface area (Å²) in [7, 11) is 18.2. The van der Waals surface area contributed by atoms with E-state index >= 15 is 0 Å². The van der Waals surface area contributed by atoms with Crippen molar-refractivity contribution >= 4 is 222 Å². The molecule has 0 aliphatic heterocycles. The number of ether oxygens (including phenoxy) is 17. The van der Waals surface area contributed by atoms with Crippen LogP contribution in [0, 0.1) is 0 Å². The maximum atomic E-state index is 11.9. The summed E-state index contributed by atoms with van der Waals surface area (Å²) < 4.78 is 81.3. The molecule has 20 N–H and O–H groups in total. The first kappa shape index (κ1) is 157. The molecule has 0 heterocycles. The number of esters is 11. The minimum Gasteiger partial charge on any atom is -1.00 e. The summed E-state index contributed by atoms with van der Waals surface area (Å²) in [6, 6.07) is 0. The summed E-state index contributed by atoms with van der Waals surface area (Å²) in [5.41, 5.74) is 8.30. The molecule has 62 heteroatoms. The number of carbonyl (C=O) groups is 19. The molecule has 0 aliphatic carbocycles. The largest absolute Gasteiger partial charge is 1.00 e. The van der Waals surface area contributed by atoms with Crippen LogP contribution in [-0.4, -0.2) is 285 Å². The zero-order valence-electron chi connectivity index (χ0n) is 84.8. The molecule has 0 bridgehead atoms. The van der Waals surface area contributed by atoms with Gasteiger partial charge in [0, 0.05) is 20.8 Å². The zero-order valence-corrected chi connectivity index (χ0v) is 96.0. The van der Waals surface area contributed by atoms with Crippen LogP contribution in [0.25, 0.3) is 0 Å². The van der Waals surface area contributed by atoms with E-state index in [-0.39, 0.29) is 84.3 Å². The number of carboxylic acids is 2. The van der Waals surface area contributed by atoms with E-state index in [1.165, 1.54) is 42.1 Å². The van der Waals surface area contributed by atoms with Crippen LogP contribution in [0.4, 0.5) is 28.8 Å². The summed E-state index contributed by atoms with van der Waals surface area (Å²) in [6.07, 6.45) is -5.18. The van der Waals surface area contributed by atoms with Crippen LogP contribution in [0.15, 0.2) is 0 Å². The molecule has 10 atom stereocenters. The van der Waals surface area contributed by atoms with Crippen molar-refractivity contribution in [3.63, 3.8) is 0 Å². The molecular formula is C76H144Cl4N10O38S10. The summed E-state index contributed by atoms with van der Waals surface area (Å²) >= 11 is 0.